The minimum atomic E-state index is 0.598. The summed E-state index contributed by atoms with van der Waals surface area (Å²) >= 11 is 1.40. The molecule has 1 N–H and O–H groups in total. The van der Waals surface area contributed by atoms with E-state index in [9.17, 15) is 0 Å². The first kappa shape index (κ1) is 10.9. The van der Waals surface area contributed by atoms with Crippen LogP contribution in [0.3, 0.4) is 0 Å². The largest absolute Gasteiger partial charge is 0.439 e. The SMILES string of the molecule is CNc1ncnc(Sc2nc(C)co2)c1C. The third-order valence-electron chi connectivity index (χ3n) is 2.06. The van der Waals surface area contributed by atoms with Gasteiger partial charge in [0.15, 0.2) is 0 Å². The lowest BCUT2D eigenvalue weighted by atomic mass is 10.3. The molecule has 0 unspecified atom stereocenters. The number of aryl methyl sites for hydroxylation is 1. The summed E-state index contributed by atoms with van der Waals surface area (Å²) in [4.78, 5) is 12.5. The van der Waals surface area contributed by atoms with Gasteiger partial charge in [-0.2, -0.15) is 0 Å². The van der Waals surface area contributed by atoms with E-state index in [-0.39, 0.29) is 0 Å². The van der Waals surface area contributed by atoms with Crippen molar-refractivity contribution in [1.29, 1.82) is 0 Å². The lowest BCUT2D eigenvalue weighted by Gasteiger charge is -2.05. The summed E-state index contributed by atoms with van der Waals surface area (Å²) in [6.45, 7) is 3.85. The van der Waals surface area contributed by atoms with Gasteiger partial charge in [0, 0.05) is 12.6 Å². The molecule has 2 aromatic heterocycles. The first-order chi connectivity index (χ1) is 7.70. The van der Waals surface area contributed by atoms with Gasteiger partial charge < -0.3 is 9.73 Å². The van der Waals surface area contributed by atoms with Gasteiger partial charge in [-0.3, -0.25) is 0 Å². The van der Waals surface area contributed by atoms with E-state index in [4.69, 9.17) is 4.42 Å². The van der Waals surface area contributed by atoms with Crippen molar-refractivity contribution in [2.45, 2.75) is 24.1 Å². The summed E-state index contributed by atoms with van der Waals surface area (Å²) in [6.07, 6.45) is 3.15. The molecule has 0 fully saturated rings. The summed E-state index contributed by atoms with van der Waals surface area (Å²) in [5.41, 5.74) is 1.86. The highest BCUT2D eigenvalue weighted by Gasteiger charge is 2.10. The summed E-state index contributed by atoms with van der Waals surface area (Å²) in [5, 5.41) is 4.46. The minimum absolute atomic E-state index is 0.598. The van der Waals surface area contributed by atoms with Crippen molar-refractivity contribution in [2.75, 3.05) is 12.4 Å². The van der Waals surface area contributed by atoms with Gasteiger partial charge in [0.2, 0.25) is 0 Å². The molecule has 0 radical (unpaired) electrons. The molecule has 2 heterocycles. The molecule has 0 aliphatic heterocycles. The molecule has 2 rings (SSSR count). The Morgan fingerprint density at radius 1 is 1.31 bits per heavy atom. The number of hydrogen-bond acceptors (Lipinski definition) is 6. The van der Waals surface area contributed by atoms with Gasteiger partial charge in [-0.1, -0.05) is 0 Å². The average molecular weight is 236 g/mol. The maximum absolute atomic E-state index is 5.27. The van der Waals surface area contributed by atoms with Crippen LogP contribution >= 0.6 is 11.8 Å². The Kier molecular flexibility index (Phi) is 3.09. The Balaban J connectivity index is 2.28. The first-order valence-corrected chi connectivity index (χ1v) is 5.61. The third kappa shape index (κ3) is 2.16. The van der Waals surface area contributed by atoms with E-state index >= 15 is 0 Å². The highest BCUT2D eigenvalue weighted by atomic mass is 32.2. The lowest BCUT2D eigenvalue weighted by Crippen LogP contribution is -1.98. The second kappa shape index (κ2) is 4.52. The van der Waals surface area contributed by atoms with Gasteiger partial charge in [-0.15, -0.1) is 0 Å². The van der Waals surface area contributed by atoms with Crippen LogP contribution in [0.15, 0.2) is 27.3 Å². The van der Waals surface area contributed by atoms with Crippen LogP contribution in [-0.4, -0.2) is 22.0 Å². The molecule has 0 spiro atoms. The van der Waals surface area contributed by atoms with Crippen LogP contribution in [0, 0.1) is 13.8 Å². The molecule has 5 nitrogen and oxygen atoms in total. The molecule has 0 saturated carbocycles. The quantitative estimate of drug-likeness (QED) is 0.825. The Labute approximate surface area is 97.7 Å². The summed E-state index contributed by atoms with van der Waals surface area (Å²) < 4.78 is 5.27. The molecule has 0 amide bonds. The fraction of sp³-hybridized carbons (Fsp3) is 0.300. The van der Waals surface area contributed by atoms with E-state index in [0.717, 1.165) is 22.1 Å². The van der Waals surface area contributed by atoms with E-state index < -0.39 is 0 Å². The van der Waals surface area contributed by atoms with E-state index in [1.807, 2.05) is 20.9 Å². The zero-order chi connectivity index (χ0) is 11.5. The monoisotopic (exact) mass is 236 g/mol. The smallest absolute Gasteiger partial charge is 0.262 e. The summed E-state index contributed by atoms with van der Waals surface area (Å²) in [6, 6.07) is 0. The van der Waals surface area contributed by atoms with Crippen molar-refractivity contribution in [1.82, 2.24) is 15.0 Å². The van der Waals surface area contributed by atoms with Crippen LogP contribution in [0.2, 0.25) is 0 Å². The molecule has 6 heteroatoms. The number of nitrogens with one attached hydrogen (secondary N) is 1. The Hall–Kier alpha value is -1.56. The topological polar surface area (TPSA) is 63.8 Å². The first-order valence-electron chi connectivity index (χ1n) is 4.80. The molecule has 2 aromatic rings. The number of nitrogens with zero attached hydrogens (tertiary/aromatic N) is 3. The Bertz CT molecular complexity index is 497. The van der Waals surface area contributed by atoms with Crippen LogP contribution in [0.4, 0.5) is 5.82 Å². The minimum Gasteiger partial charge on any atom is -0.439 e. The zero-order valence-electron chi connectivity index (χ0n) is 9.31. The number of anilines is 1. The predicted octanol–water partition coefficient (Wildman–Crippen LogP) is 2.27. The van der Waals surface area contributed by atoms with Crippen molar-refractivity contribution >= 4 is 17.6 Å². The van der Waals surface area contributed by atoms with Crippen LogP contribution in [0.5, 0.6) is 0 Å². The third-order valence-corrected chi connectivity index (χ3v) is 3.02. The molecular formula is C10H12N4OS. The van der Waals surface area contributed by atoms with Gasteiger partial charge in [0.25, 0.3) is 5.22 Å². The molecule has 0 bridgehead atoms. The number of aromatic nitrogens is 3. The number of oxazole rings is 1. The predicted molar refractivity (Wildman–Crippen MR) is 61.7 cm³/mol. The molecule has 84 valence electrons. The molecule has 0 atom stereocenters. The molecule has 16 heavy (non-hydrogen) atoms. The van der Waals surface area contributed by atoms with Crippen LogP contribution < -0.4 is 5.32 Å². The van der Waals surface area contributed by atoms with Crippen molar-refractivity contribution < 1.29 is 4.42 Å². The summed E-state index contributed by atoms with van der Waals surface area (Å²) in [7, 11) is 1.83. The maximum atomic E-state index is 5.27. The average Bonchev–Trinajstić information content (AvgIpc) is 2.67. The van der Waals surface area contributed by atoms with Crippen LogP contribution in [-0.2, 0) is 0 Å². The Morgan fingerprint density at radius 3 is 2.75 bits per heavy atom. The van der Waals surface area contributed by atoms with Gasteiger partial charge in [0.1, 0.15) is 23.4 Å². The zero-order valence-corrected chi connectivity index (χ0v) is 10.1. The van der Waals surface area contributed by atoms with E-state index in [1.54, 1.807) is 6.26 Å². The standard InChI is InChI=1S/C10H12N4OS/c1-6-4-15-10(14-6)16-9-7(2)8(11-3)12-5-13-9/h4-5H,1-3H3,(H,11,12,13). The van der Waals surface area contributed by atoms with Crippen molar-refractivity contribution in [3.8, 4) is 0 Å². The van der Waals surface area contributed by atoms with Gasteiger partial charge in [-0.05, 0) is 25.6 Å². The summed E-state index contributed by atoms with van der Waals surface area (Å²) in [5.74, 6) is 0.820. The fourth-order valence-electron chi connectivity index (χ4n) is 1.25. The van der Waals surface area contributed by atoms with Gasteiger partial charge in [0.05, 0.1) is 5.69 Å². The Morgan fingerprint density at radius 2 is 2.12 bits per heavy atom. The lowest BCUT2D eigenvalue weighted by molar-refractivity contribution is 0.453. The highest BCUT2D eigenvalue weighted by Crippen LogP contribution is 2.29. The number of hydrogen-bond donors (Lipinski definition) is 1. The fourth-order valence-corrected chi connectivity index (χ4v) is 2.05. The molecule has 0 aromatic carbocycles. The van der Waals surface area contributed by atoms with Crippen LogP contribution in [0.25, 0.3) is 0 Å². The second-order valence-corrected chi connectivity index (χ2v) is 4.20. The molecule has 0 aliphatic rings. The van der Waals surface area contributed by atoms with Crippen molar-refractivity contribution in [2.24, 2.45) is 0 Å². The van der Waals surface area contributed by atoms with Crippen molar-refractivity contribution in [3.63, 3.8) is 0 Å². The van der Waals surface area contributed by atoms with E-state index in [0.29, 0.717) is 5.22 Å². The van der Waals surface area contributed by atoms with Gasteiger partial charge >= 0.3 is 0 Å². The van der Waals surface area contributed by atoms with E-state index in [2.05, 4.69) is 20.3 Å². The van der Waals surface area contributed by atoms with Gasteiger partial charge in [-0.25, -0.2) is 15.0 Å². The highest BCUT2D eigenvalue weighted by molar-refractivity contribution is 7.99. The maximum Gasteiger partial charge on any atom is 0.262 e. The second-order valence-electron chi connectivity index (χ2n) is 3.26. The van der Waals surface area contributed by atoms with E-state index in [1.165, 1.54) is 18.1 Å². The molecule has 0 aliphatic carbocycles. The van der Waals surface area contributed by atoms with Crippen molar-refractivity contribution in [3.05, 3.63) is 23.8 Å². The molecule has 0 saturated heterocycles. The normalized spacial score (nSPS) is 10.4. The molecular weight excluding hydrogens is 224 g/mol. The van der Waals surface area contributed by atoms with Crippen LogP contribution in [0.1, 0.15) is 11.3 Å². The number of rotatable bonds is 3.